The molecule has 0 aliphatic heterocycles. The second-order valence-electron chi connectivity index (χ2n) is 6.76. The van der Waals surface area contributed by atoms with E-state index in [2.05, 4.69) is 15.1 Å². The molecular weight excluding hydrogens is 366 g/mol. The summed E-state index contributed by atoms with van der Waals surface area (Å²) in [7, 11) is 1.61. The van der Waals surface area contributed by atoms with Crippen LogP contribution in [0.4, 0.5) is 5.69 Å². The predicted octanol–water partition coefficient (Wildman–Crippen LogP) is 3.60. The number of ether oxygens (including phenoxy) is 1. The van der Waals surface area contributed by atoms with E-state index in [0.29, 0.717) is 12.3 Å². The molecule has 146 valence electrons. The van der Waals surface area contributed by atoms with Gasteiger partial charge in [-0.3, -0.25) is 4.79 Å². The summed E-state index contributed by atoms with van der Waals surface area (Å²) >= 11 is 0. The quantitative estimate of drug-likeness (QED) is 0.523. The van der Waals surface area contributed by atoms with Gasteiger partial charge in [-0.2, -0.15) is 4.98 Å². The fraction of sp³-hybridized carbons (Fsp3) is 0.182. The summed E-state index contributed by atoms with van der Waals surface area (Å²) in [4.78, 5) is 23.8. The van der Waals surface area contributed by atoms with Gasteiger partial charge in [0.15, 0.2) is 0 Å². The molecular formula is C22H21N5O2. The molecule has 0 spiro atoms. The molecule has 2 heterocycles. The van der Waals surface area contributed by atoms with Crippen molar-refractivity contribution in [1.82, 2.24) is 19.6 Å². The van der Waals surface area contributed by atoms with Gasteiger partial charge in [0.2, 0.25) is 5.82 Å². The Bertz CT molecular complexity index is 1150. The summed E-state index contributed by atoms with van der Waals surface area (Å²) < 4.78 is 6.83. The van der Waals surface area contributed by atoms with Crippen LogP contribution in [0.3, 0.4) is 0 Å². The van der Waals surface area contributed by atoms with E-state index in [9.17, 15) is 4.79 Å². The lowest BCUT2D eigenvalue weighted by Crippen LogP contribution is -2.31. The highest BCUT2D eigenvalue weighted by molar-refractivity contribution is 6.03. The molecule has 0 saturated heterocycles. The number of rotatable bonds is 5. The van der Waals surface area contributed by atoms with Crippen LogP contribution in [0.25, 0.3) is 5.78 Å². The molecule has 7 nitrogen and oxygen atoms in total. The van der Waals surface area contributed by atoms with Crippen LogP contribution in [0.15, 0.2) is 60.7 Å². The molecule has 0 aliphatic carbocycles. The molecule has 0 radical (unpaired) electrons. The largest absolute Gasteiger partial charge is 0.497 e. The molecule has 7 heteroatoms. The van der Waals surface area contributed by atoms with Gasteiger partial charge in [-0.25, -0.2) is 9.50 Å². The van der Waals surface area contributed by atoms with Gasteiger partial charge in [0, 0.05) is 17.1 Å². The Morgan fingerprint density at radius 2 is 1.76 bits per heavy atom. The fourth-order valence-corrected chi connectivity index (χ4v) is 3.19. The smallest absolute Gasteiger partial charge is 0.298 e. The lowest BCUT2D eigenvalue weighted by atomic mass is 10.2. The molecule has 4 rings (SSSR count). The van der Waals surface area contributed by atoms with Crippen LogP contribution < -0.4 is 9.64 Å². The summed E-state index contributed by atoms with van der Waals surface area (Å²) in [5, 5.41) is 4.40. The molecule has 2 aromatic heterocycles. The van der Waals surface area contributed by atoms with Crippen molar-refractivity contribution in [2.24, 2.45) is 0 Å². The summed E-state index contributed by atoms with van der Waals surface area (Å²) in [6.07, 6.45) is 0. The maximum absolute atomic E-state index is 13.4. The zero-order valence-corrected chi connectivity index (χ0v) is 16.5. The number of fused-ring (bicyclic) bond motifs is 1. The average molecular weight is 387 g/mol. The van der Waals surface area contributed by atoms with E-state index in [1.807, 2.05) is 74.5 Å². The third-order valence-corrected chi connectivity index (χ3v) is 4.62. The third kappa shape index (κ3) is 3.80. The normalized spacial score (nSPS) is 10.9. The van der Waals surface area contributed by atoms with Crippen LogP contribution in [0.2, 0.25) is 0 Å². The standard InChI is InChI=1S/C22H21N5O2/c1-15-13-16(2)27-22(23-15)24-20(25-27)21(28)26(14-17-7-5-4-6-8-17)18-9-11-19(29-3)12-10-18/h4-13H,14H2,1-3H3. The minimum atomic E-state index is -0.290. The Labute approximate surface area is 168 Å². The highest BCUT2D eigenvalue weighted by atomic mass is 16.5. The molecule has 1 amide bonds. The van der Waals surface area contributed by atoms with Crippen molar-refractivity contribution in [3.05, 3.63) is 83.4 Å². The van der Waals surface area contributed by atoms with E-state index >= 15 is 0 Å². The van der Waals surface area contributed by atoms with Crippen LogP contribution in [0.5, 0.6) is 5.75 Å². The monoisotopic (exact) mass is 387 g/mol. The van der Waals surface area contributed by atoms with Gasteiger partial charge >= 0.3 is 0 Å². The van der Waals surface area contributed by atoms with E-state index in [-0.39, 0.29) is 11.7 Å². The van der Waals surface area contributed by atoms with Gasteiger partial charge in [-0.1, -0.05) is 30.3 Å². The Morgan fingerprint density at radius 1 is 1.03 bits per heavy atom. The van der Waals surface area contributed by atoms with Crippen molar-refractivity contribution >= 4 is 17.4 Å². The van der Waals surface area contributed by atoms with Crippen molar-refractivity contribution in [2.45, 2.75) is 20.4 Å². The van der Waals surface area contributed by atoms with Crippen molar-refractivity contribution < 1.29 is 9.53 Å². The number of amides is 1. The number of aryl methyl sites for hydroxylation is 2. The van der Waals surface area contributed by atoms with Crippen LogP contribution in [-0.4, -0.2) is 32.6 Å². The molecule has 0 fully saturated rings. The maximum Gasteiger partial charge on any atom is 0.298 e. The summed E-state index contributed by atoms with van der Waals surface area (Å²) in [5.41, 5.74) is 3.45. The number of nitrogens with zero attached hydrogens (tertiary/aromatic N) is 5. The first-order chi connectivity index (χ1) is 14.0. The van der Waals surface area contributed by atoms with E-state index < -0.39 is 0 Å². The highest BCUT2D eigenvalue weighted by Crippen LogP contribution is 2.23. The van der Waals surface area contributed by atoms with Crippen molar-refractivity contribution in [3.63, 3.8) is 0 Å². The average Bonchev–Trinajstić information content (AvgIpc) is 3.17. The van der Waals surface area contributed by atoms with E-state index in [1.54, 1.807) is 16.5 Å². The highest BCUT2D eigenvalue weighted by Gasteiger charge is 2.23. The van der Waals surface area contributed by atoms with Gasteiger partial charge < -0.3 is 9.64 Å². The number of carbonyl (C=O) groups is 1. The van der Waals surface area contributed by atoms with Crippen molar-refractivity contribution in [2.75, 3.05) is 12.0 Å². The Balaban J connectivity index is 1.75. The lowest BCUT2D eigenvalue weighted by Gasteiger charge is -2.22. The topological polar surface area (TPSA) is 72.6 Å². The first-order valence-electron chi connectivity index (χ1n) is 9.26. The van der Waals surface area contributed by atoms with Crippen molar-refractivity contribution in [1.29, 1.82) is 0 Å². The number of aromatic nitrogens is 4. The molecule has 2 aromatic carbocycles. The number of benzene rings is 2. The molecule has 0 N–H and O–H groups in total. The Hall–Kier alpha value is -3.74. The van der Waals surface area contributed by atoms with Crippen LogP contribution >= 0.6 is 0 Å². The molecule has 0 saturated carbocycles. The van der Waals surface area contributed by atoms with E-state index in [1.165, 1.54) is 0 Å². The van der Waals surface area contributed by atoms with Gasteiger partial charge in [-0.15, -0.1) is 5.10 Å². The number of hydrogen-bond donors (Lipinski definition) is 0. The molecule has 0 aliphatic rings. The Kier molecular flexibility index (Phi) is 4.95. The summed E-state index contributed by atoms with van der Waals surface area (Å²) in [6.45, 7) is 4.20. The van der Waals surface area contributed by atoms with Crippen LogP contribution in [0.1, 0.15) is 27.6 Å². The predicted molar refractivity (Wildman–Crippen MR) is 110 cm³/mol. The fourth-order valence-electron chi connectivity index (χ4n) is 3.19. The zero-order valence-electron chi connectivity index (χ0n) is 16.5. The summed E-state index contributed by atoms with van der Waals surface area (Å²) in [6, 6.07) is 19.1. The molecule has 0 atom stereocenters. The number of anilines is 1. The number of carbonyl (C=O) groups excluding carboxylic acids is 1. The minimum absolute atomic E-state index is 0.109. The SMILES string of the molecule is COc1ccc(N(Cc2ccccc2)C(=O)c2nc3nc(C)cc(C)n3n2)cc1. The maximum atomic E-state index is 13.4. The third-order valence-electron chi connectivity index (χ3n) is 4.62. The molecule has 4 aromatic rings. The van der Waals surface area contributed by atoms with Gasteiger partial charge in [0.25, 0.3) is 11.7 Å². The number of methoxy groups -OCH3 is 1. The van der Waals surface area contributed by atoms with E-state index in [4.69, 9.17) is 4.74 Å². The summed E-state index contributed by atoms with van der Waals surface area (Å²) in [5.74, 6) is 0.960. The van der Waals surface area contributed by atoms with Gasteiger partial charge in [0.1, 0.15) is 5.75 Å². The molecule has 0 unspecified atom stereocenters. The molecule has 0 bridgehead atoms. The van der Waals surface area contributed by atoms with Crippen molar-refractivity contribution in [3.8, 4) is 5.75 Å². The molecule has 29 heavy (non-hydrogen) atoms. The first-order valence-corrected chi connectivity index (χ1v) is 9.26. The second-order valence-corrected chi connectivity index (χ2v) is 6.76. The first kappa shape index (κ1) is 18.6. The zero-order chi connectivity index (χ0) is 20.4. The second kappa shape index (κ2) is 7.71. The minimum Gasteiger partial charge on any atom is -0.497 e. The van der Waals surface area contributed by atoms with Gasteiger partial charge in [-0.05, 0) is 49.7 Å². The van der Waals surface area contributed by atoms with Gasteiger partial charge in [0.05, 0.1) is 13.7 Å². The lowest BCUT2D eigenvalue weighted by molar-refractivity contribution is 0.0975. The number of hydrogen-bond acceptors (Lipinski definition) is 5. The Morgan fingerprint density at radius 3 is 2.45 bits per heavy atom. The van der Waals surface area contributed by atoms with Crippen LogP contribution in [-0.2, 0) is 6.54 Å². The van der Waals surface area contributed by atoms with Crippen LogP contribution in [0, 0.1) is 13.8 Å². The van der Waals surface area contributed by atoms with E-state index in [0.717, 1.165) is 28.4 Å².